The van der Waals surface area contributed by atoms with Crippen LogP contribution in [-0.4, -0.2) is 23.9 Å². The highest BCUT2D eigenvalue weighted by atomic mass is 35.5. The molecular weight excluding hydrogens is 242 g/mol. The highest BCUT2D eigenvalue weighted by Gasteiger charge is 2.20. The molecule has 1 rings (SSSR count). The normalized spacial score (nSPS) is 11.7. The van der Waals surface area contributed by atoms with Crippen LogP contribution in [0.15, 0.2) is 35.6 Å². The third-order valence-electron chi connectivity index (χ3n) is 2.13. The van der Waals surface area contributed by atoms with E-state index in [1.54, 1.807) is 24.3 Å². The summed E-state index contributed by atoms with van der Waals surface area (Å²) in [5.74, 6) is -0.998. The Kier molecular flexibility index (Phi) is 4.29. The van der Waals surface area contributed by atoms with Crippen LogP contribution in [0.1, 0.15) is 12.5 Å². The first-order valence-electron chi connectivity index (χ1n) is 4.80. The van der Waals surface area contributed by atoms with E-state index in [2.05, 4.69) is 4.74 Å². The summed E-state index contributed by atoms with van der Waals surface area (Å²) < 4.78 is 4.52. The molecule has 0 fully saturated rings. The number of hydrogen-bond acceptors (Lipinski definition) is 4. The minimum absolute atomic E-state index is 0.103. The van der Waals surface area contributed by atoms with Crippen molar-refractivity contribution >= 4 is 23.3 Å². The van der Waals surface area contributed by atoms with Gasteiger partial charge in [0, 0.05) is 10.6 Å². The summed E-state index contributed by atoms with van der Waals surface area (Å²) in [6, 6.07) is 6.40. The van der Waals surface area contributed by atoms with Crippen molar-refractivity contribution in [1.29, 1.82) is 5.41 Å². The third kappa shape index (κ3) is 3.07. The molecule has 17 heavy (non-hydrogen) atoms. The number of halogens is 1. The summed E-state index contributed by atoms with van der Waals surface area (Å²) in [5.41, 5.74) is 0.214. The van der Waals surface area contributed by atoms with Gasteiger partial charge in [0.15, 0.2) is 0 Å². The van der Waals surface area contributed by atoms with E-state index in [0.29, 0.717) is 10.6 Å². The lowest BCUT2D eigenvalue weighted by Gasteiger charge is -2.08. The molecule has 2 N–H and O–H groups in total. The Balaban J connectivity index is 3.15. The standard InChI is InChI=1S/C12H12ClNO3/c1-7(15)10(12(16)17-2)11(14)8-3-5-9(13)6-4-8/h3-6,14-15H,1-2H3/b10-7+,14-11?. The molecule has 0 atom stereocenters. The number of methoxy groups -OCH3 is 1. The molecule has 0 unspecified atom stereocenters. The Morgan fingerprint density at radius 3 is 2.29 bits per heavy atom. The van der Waals surface area contributed by atoms with E-state index in [1.165, 1.54) is 14.0 Å². The van der Waals surface area contributed by atoms with Crippen LogP contribution in [0.5, 0.6) is 0 Å². The zero-order valence-electron chi connectivity index (χ0n) is 9.45. The van der Waals surface area contributed by atoms with Crippen LogP contribution in [0, 0.1) is 5.41 Å². The van der Waals surface area contributed by atoms with Gasteiger partial charge in [0.1, 0.15) is 11.3 Å². The summed E-state index contributed by atoms with van der Waals surface area (Å²) in [5, 5.41) is 17.8. The SMILES string of the molecule is COC(=O)/C(C(=N)c1ccc(Cl)cc1)=C(\C)O. The lowest BCUT2D eigenvalue weighted by atomic mass is 10.0. The number of carbonyl (C=O) groups excluding carboxylic acids is 1. The first kappa shape index (κ1) is 13.3. The summed E-state index contributed by atoms with van der Waals surface area (Å²) in [7, 11) is 1.19. The summed E-state index contributed by atoms with van der Waals surface area (Å²) in [6.45, 7) is 1.33. The van der Waals surface area contributed by atoms with Crippen LogP contribution >= 0.6 is 11.6 Å². The van der Waals surface area contributed by atoms with Crippen molar-refractivity contribution in [2.45, 2.75) is 6.92 Å². The topological polar surface area (TPSA) is 70.4 Å². The number of benzene rings is 1. The Labute approximate surface area is 104 Å². The van der Waals surface area contributed by atoms with Crippen molar-refractivity contribution in [3.8, 4) is 0 Å². The van der Waals surface area contributed by atoms with Crippen LogP contribution in [0.25, 0.3) is 0 Å². The van der Waals surface area contributed by atoms with E-state index in [-0.39, 0.29) is 17.0 Å². The minimum atomic E-state index is -0.745. The fraction of sp³-hybridized carbons (Fsp3) is 0.167. The average molecular weight is 254 g/mol. The Morgan fingerprint density at radius 2 is 1.88 bits per heavy atom. The number of nitrogens with one attached hydrogen (secondary N) is 1. The minimum Gasteiger partial charge on any atom is -0.512 e. The van der Waals surface area contributed by atoms with E-state index in [9.17, 15) is 9.90 Å². The molecule has 0 bridgehead atoms. The molecule has 0 aliphatic heterocycles. The molecule has 0 radical (unpaired) electrons. The fourth-order valence-corrected chi connectivity index (χ4v) is 1.42. The fourth-order valence-electron chi connectivity index (χ4n) is 1.29. The van der Waals surface area contributed by atoms with E-state index in [0.717, 1.165) is 0 Å². The van der Waals surface area contributed by atoms with Gasteiger partial charge in [-0.1, -0.05) is 23.7 Å². The molecule has 5 heteroatoms. The van der Waals surface area contributed by atoms with Crippen molar-refractivity contribution in [3.05, 3.63) is 46.2 Å². The van der Waals surface area contributed by atoms with E-state index in [1.807, 2.05) is 0 Å². The number of allylic oxidation sites excluding steroid dienone is 1. The molecule has 0 spiro atoms. The molecule has 90 valence electrons. The number of carbonyl (C=O) groups is 1. The molecule has 1 aromatic carbocycles. The maximum atomic E-state index is 11.4. The highest BCUT2D eigenvalue weighted by molar-refractivity contribution is 6.31. The van der Waals surface area contributed by atoms with Gasteiger partial charge in [0.05, 0.1) is 12.8 Å². The number of aliphatic hydroxyl groups is 1. The number of rotatable bonds is 3. The number of esters is 1. The quantitative estimate of drug-likeness (QED) is 0.377. The summed E-state index contributed by atoms with van der Waals surface area (Å²) in [6.07, 6.45) is 0. The van der Waals surface area contributed by atoms with Crippen LogP contribution in [-0.2, 0) is 9.53 Å². The zero-order valence-corrected chi connectivity index (χ0v) is 10.2. The smallest absolute Gasteiger partial charge is 0.343 e. The maximum absolute atomic E-state index is 11.4. The Bertz CT molecular complexity index is 473. The summed E-state index contributed by atoms with van der Waals surface area (Å²) in [4.78, 5) is 11.4. The molecule has 0 saturated carbocycles. The molecule has 0 amide bonds. The van der Waals surface area contributed by atoms with Gasteiger partial charge in [-0.05, 0) is 19.1 Å². The average Bonchev–Trinajstić information content (AvgIpc) is 2.29. The molecule has 0 aliphatic rings. The van der Waals surface area contributed by atoms with Gasteiger partial charge >= 0.3 is 5.97 Å². The predicted molar refractivity (Wildman–Crippen MR) is 65.6 cm³/mol. The van der Waals surface area contributed by atoms with Gasteiger partial charge in [-0.3, -0.25) is 5.41 Å². The lowest BCUT2D eigenvalue weighted by molar-refractivity contribution is -0.135. The maximum Gasteiger partial charge on any atom is 0.343 e. The molecule has 0 saturated heterocycles. The number of ether oxygens (including phenoxy) is 1. The van der Waals surface area contributed by atoms with Crippen molar-refractivity contribution in [2.75, 3.05) is 7.11 Å². The molecular formula is C12H12ClNO3. The van der Waals surface area contributed by atoms with Crippen LogP contribution in [0.2, 0.25) is 5.02 Å². The zero-order chi connectivity index (χ0) is 13.0. The lowest BCUT2D eigenvalue weighted by Crippen LogP contribution is -2.16. The highest BCUT2D eigenvalue weighted by Crippen LogP contribution is 2.15. The number of hydrogen-bond donors (Lipinski definition) is 2. The van der Waals surface area contributed by atoms with Crippen molar-refractivity contribution in [3.63, 3.8) is 0 Å². The largest absolute Gasteiger partial charge is 0.512 e. The van der Waals surface area contributed by atoms with E-state index < -0.39 is 5.97 Å². The van der Waals surface area contributed by atoms with Gasteiger partial charge in [-0.25, -0.2) is 4.79 Å². The van der Waals surface area contributed by atoms with Crippen LogP contribution < -0.4 is 0 Å². The first-order chi connectivity index (χ1) is 7.97. The monoisotopic (exact) mass is 253 g/mol. The van der Waals surface area contributed by atoms with Crippen molar-refractivity contribution < 1.29 is 14.6 Å². The van der Waals surface area contributed by atoms with Gasteiger partial charge in [-0.2, -0.15) is 0 Å². The van der Waals surface area contributed by atoms with E-state index >= 15 is 0 Å². The number of aliphatic hydroxyl groups excluding tert-OH is 1. The van der Waals surface area contributed by atoms with Gasteiger partial charge in [-0.15, -0.1) is 0 Å². The van der Waals surface area contributed by atoms with Gasteiger partial charge in [0.25, 0.3) is 0 Å². The molecule has 0 aliphatic carbocycles. The van der Waals surface area contributed by atoms with Crippen LogP contribution in [0.4, 0.5) is 0 Å². The van der Waals surface area contributed by atoms with Crippen molar-refractivity contribution in [1.82, 2.24) is 0 Å². The summed E-state index contributed by atoms with van der Waals surface area (Å²) >= 11 is 5.72. The molecule has 0 aromatic heterocycles. The molecule has 4 nitrogen and oxygen atoms in total. The van der Waals surface area contributed by atoms with Gasteiger partial charge in [0.2, 0.25) is 0 Å². The van der Waals surface area contributed by atoms with Crippen molar-refractivity contribution in [2.24, 2.45) is 0 Å². The van der Waals surface area contributed by atoms with Crippen LogP contribution in [0.3, 0.4) is 0 Å². The second kappa shape index (κ2) is 5.50. The van der Waals surface area contributed by atoms with Gasteiger partial charge < -0.3 is 9.84 Å². The van der Waals surface area contributed by atoms with E-state index in [4.69, 9.17) is 17.0 Å². The molecule has 1 aromatic rings. The third-order valence-corrected chi connectivity index (χ3v) is 2.39. The Hall–Kier alpha value is -1.81. The second-order valence-corrected chi connectivity index (χ2v) is 3.77. The molecule has 0 heterocycles. The Morgan fingerprint density at radius 1 is 1.35 bits per heavy atom. The first-order valence-corrected chi connectivity index (χ1v) is 5.18. The predicted octanol–water partition coefficient (Wildman–Crippen LogP) is 2.71. The second-order valence-electron chi connectivity index (χ2n) is 3.33.